The van der Waals surface area contributed by atoms with E-state index in [1.165, 1.54) is 0 Å². The first-order valence-electron chi connectivity index (χ1n) is 11.0. The zero-order valence-electron chi connectivity index (χ0n) is 19.1. The molecule has 4 rings (SSSR count). The zero-order chi connectivity index (χ0) is 23.9. The standard InChI is InChI=1S/C27H26N4O3/c1-3-25(32)28-21-12-14-22(15-13-21)29-27(33)24-18-31(17-19-8-5-4-6-9-19)30-26(24)20-10-7-11-23(16-20)34-2/h4-16,18H,3,17H2,1-2H3,(H,28,32)(H,29,33). The molecule has 0 aliphatic heterocycles. The summed E-state index contributed by atoms with van der Waals surface area (Å²) < 4.78 is 7.12. The van der Waals surface area contributed by atoms with Gasteiger partial charge in [0.1, 0.15) is 11.4 Å². The molecule has 0 spiro atoms. The molecule has 172 valence electrons. The SMILES string of the molecule is CCC(=O)Nc1ccc(NC(=O)c2cn(Cc3ccccc3)nc2-c2cccc(OC)c2)cc1. The van der Waals surface area contributed by atoms with Crippen LogP contribution in [0.2, 0.25) is 0 Å². The van der Waals surface area contributed by atoms with Gasteiger partial charge in [-0.05, 0) is 42.0 Å². The Morgan fingerprint density at radius 1 is 0.912 bits per heavy atom. The molecule has 7 nitrogen and oxygen atoms in total. The molecule has 34 heavy (non-hydrogen) atoms. The highest BCUT2D eigenvalue weighted by molar-refractivity contribution is 6.08. The number of carbonyl (C=O) groups is 2. The molecule has 0 bridgehead atoms. The van der Waals surface area contributed by atoms with Crippen molar-refractivity contribution in [1.82, 2.24) is 9.78 Å². The fraction of sp³-hybridized carbons (Fsp3) is 0.148. The van der Waals surface area contributed by atoms with E-state index in [4.69, 9.17) is 9.84 Å². The maximum atomic E-state index is 13.3. The summed E-state index contributed by atoms with van der Waals surface area (Å²) in [6.45, 7) is 2.33. The molecule has 0 unspecified atom stereocenters. The maximum absolute atomic E-state index is 13.3. The highest BCUT2D eigenvalue weighted by atomic mass is 16.5. The first kappa shape index (κ1) is 22.8. The lowest BCUT2D eigenvalue weighted by Gasteiger charge is -2.08. The van der Waals surface area contributed by atoms with Crippen molar-refractivity contribution in [2.75, 3.05) is 17.7 Å². The quantitative estimate of drug-likeness (QED) is 0.383. The summed E-state index contributed by atoms with van der Waals surface area (Å²) in [5.74, 6) is 0.346. The summed E-state index contributed by atoms with van der Waals surface area (Å²) >= 11 is 0. The van der Waals surface area contributed by atoms with E-state index in [1.807, 2.05) is 54.6 Å². The molecule has 2 amide bonds. The third-order valence-corrected chi connectivity index (χ3v) is 5.28. The molecule has 0 aliphatic carbocycles. The molecule has 2 N–H and O–H groups in total. The molecule has 0 radical (unpaired) electrons. The first-order chi connectivity index (χ1) is 16.6. The van der Waals surface area contributed by atoms with Crippen LogP contribution in [0.25, 0.3) is 11.3 Å². The summed E-state index contributed by atoms with van der Waals surface area (Å²) in [5.41, 5.74) is 4.18. The van der Waals surface area contributed by atoms with Gasteiger partial charge in [0.05, 0.1) is 19.2 Å². The molecule has 1 heterocycles. The zero-order valence-corrected chi connectivity index (χ0v) is 19.1. The molecule has 0 saturated carbocycles. The lowest BCUT2D eigenvalue weighted by Crippen LogP contribution is -2.13. The van der Waals surface area contributed by atoms with Gasteiger partial charge < -0.3 is 15.4 Å². The topological polar surface area (TPSA) is 85.3 Å². The van der Waals surface area contributed by atoms with Crippen molar-refractivity contribution in [2.24, 2.45) is 0 Å². The highest BCUT2D eigenvalue weighted by Gasteiger charge is 2.19. The number of benzene rings is 3. The minimum absolute atomic E-state index is 0.0643. The van der Waals surface area contributed by atoms with Gasteiger partial charge in [-0.15, -0.1) is 0 Å². The van der Waals surface area contributed by atoms with Crippen LogP contribution in [0.4, 0.5) is 11.4 Å². The van der Waals surface area contributed by atoms with Gasteiger partial charge in [0.2, 0.25) is 5.91 Å². The summed E-state index contributed by atoms with van der Waals surface area (Å²) in [6.07, 6.45) is 2.16. The number of aromatic nitrogens is 2. The van der Waals surface area contributed by atoms with Crippen molar-refractivity contribution < 1.29 is 14.3 Å². The molecule has 1 aromatic heterocycles. The molecule has 0 saturated heterocycles. The average Bonchev–Trinajstić information content (AvgIpc) is 3.29. The summed E-state index contributed by atoms with van der Waals surface area (Å²) in [4.78, 5) is 24.9. The Morgan fingerprint density at radius 2 is 1.62 bits per heavy atom. The van der Waals surface area contributed by atoms with Crippen molar-refractivity contribution in [1.29, 1.82) is 0 Å². The highest BCUT2D eigenvalue weighted by Crippen LogP contribution is 2.27. The number of nitrogens with one attached hydrogen (secondary N) is 2. The normalized spacial score (nSPS) is 10.5. The third kappa shape index (κ3) is 5.50. The second-order valence-electron chi connectivity index (χ2n) is 7.74. The Bertz CT molecular complexity index is 1280. The van der Waals surface area contributed by atoms with Crippen LogP contribution in [0.3, 0.4) is 0 Å². The van der Waals surface area contributed by atoms with Crippen molar-refractivity contribution in [3.8, 4) is 17.0 Å². The van der Waals surface area contributed by atoms with E-state index in [2.05, 4.69) is 10.6 Å². The van der Waals surface area contributed by atoms with Crippen molar-refractivity contribution in [3.63, 3.8) is 0 Å². The molecule has 3 aromatic carbocycles. The minimum Gasteiger partial charge on any atom is -0.497 e. The Labute approximate surface area is 198 Å². The second kappa shape index (κ2) is 10.5. The summed E-state index contributed by atoms with van der Waals surface area (Å²) in [6, 6.07) is 24.4. The number of ether oxygens (including phenoxy) is 1. The Kier molecular flexibility index (Phi) is 7.03. The number of hydrogen-bond donors (Lipinski definition) is 2. The number of anilines is 2. The number of amides is 2. The lowest BCUT2D eigenvalue weighted by atomic mass is 10.1. The Balaban J connectivity index is 1.62. The molecular formula is C27H26N4O3. The summed E-state index contributed by atoms with van der Waals surface area (Å²) in [5, 5.41) is 10.5. The van der Waals surface area contributed by atoms with Crippen LogP contribution in [0, 0.1) is 0 Å². The van der Waals surface area contributed by atoms with Gasteiger partial charge in [-0.1, -0.05) is 49.4 Å². The van der Waals surface area contributed by atoms with Gasteiger partial charge >= 0.3 is 0 Å². The fourth-order valence-corrected chi connectivity index (χ4v) is 3.51. The van der Waals surface area contributed by atoms with Gasteiger partial charge in [0.15, 0.2) is 0 Å². The lowest BCUT2D eigenvalue weighted by molar-refractivity contribution is -0.115. The van der Waals surface area contributed by atoms with Crippen LogP contribution in [0.1, 0.15) is 29.3 Å². The second-order valence-corrected chi connectivity index (χ2v) is 7.74. The van der Waals surface area contributed by atoms with Crippen molar-refractivity contribution in [3.05, 3.63) is 96.2 Å². The minimum atomic E-state index is -0.275. The predicted octanol–water partition coefficient (Wildman–Crippen LogP) is 5.21. The Hall–Kier alpha value is -4.39. The average molecular weight is 455 g/mol. The van der Waals surface area contributed by atoms with E-state index < -0.39 is 0 Å². The number of methoxy groups -OCH3 is 1. The van der Waals surface area contributed by atoms with Gasteiger partial charge in [0.25, 0.3) is 5.91 Å². The molecule has 0 aliphatic rings. The third-order valence-electron chi connectivity index (χ3n) is 5.28. The number of rotatable bonds is 8. The fourth-order valence-electron chi connectivity index (χ4n) is 3.51. The predicted molar refractivity (Wildman–Crippen MR) is 133 cm³/mol. The number of hydrogen-bond acceptors (Lipinski definition) is 4. The molecular weight excluding hydrogens is 428 g/mol. The van der Waals surface area contributed by atoms with Gasteiger partial charge in [-0.3, -0.25) is 14.3 Å². The van der Waals surface area contributed by atoms with E-state index in [1.54, 1.807) is 49.2 Å². The van der Waals surface area contributed by atoms with Gasteiger partial charge in [0, 0.05) is 29.6 Å². The maximum Gasteiger partial charge on any atom is 0.259 e. The van der Waals surface area contributed by atoms with E-state index in [0.29, 0.717) is 41.3 Å². The van der Waals surface area contributed by atoms with Crippen LogP contribution in [-0.2, 0) is 11.3 Å². The van der Waals surface area contributed by atoms with E-state index in [-0.39, 0.29) is 11.8 Å². The number of nitrogens with zero attached hydrogens (tertiary/aromatic N) is 2. The van der Waals surface area contributed by atoms with Crippen LogP contribution in [0.15, 0.2) is 85.1 Å². The monoisotopic (exact) mass is 454 g/mol. The summed E-state index contributed by atoms with van der Waals surface area (Å²) in [7, 11) is 1.60. The molecule has 0 atom stereocenters. The number of carbonyl (C=O) groups excluding carboxylic acids is 2. The van der Waals surface area contributed by atoms with Crippen molar-refractivity contribution in [2.45, 2.75) is 19.9 Å². The van der Waals surface area contributed by atoms with Gasteiger partial charge in [-0.25, -0.2) is 0 Å². The molecule has 4 aromatic rings. The smallest absolute Gasteiger partial charge is 0.259 e. The van der Waals surface area contributed by atoms with Crippen LogP contribution >= 0.6 is 0 Å². The molecule has 7 heteroatoms. The van der Waals surface area contributed by atoms with E-state index in [9.17, 15) is 9.59 Å². The Morgan fingerprint density at radius 3 is 2.29 bits per heavy atom. The van der Waals surface area contributed by atoms with E-state index >= 15 is 0 Å². The molecule has 0 fully saturated rings. The van der Waals surface area contributed by atoms with Crippen LogP contribution in [0.5, 0.6) is 5.75 Å². The van der Waals surface area contributed by atoms with Crippen LogP contribution in [-0.4, -0.2) is 28.7 Å². The van der Waals surface area contributed by atoms with Crippen LogP contribution < -0.4 is 15.4 Å². The first-order valence-corrected chi connectivity index (χ1v) is 11.0. The largest absolute Gasteiger partial charge is 0.497 e. The van der Waals surface area contributed by atoms with Crippen molar-refractivity contribution >= 4 is 23.2 Å². The van der Waals surface area contributed by atoms with E-state index in [0.717, 1.165) is 11.1 Å². The van der Waals surface area contributed by atoms with Gasteiger partial charge in [-0.2, -0.15) is 5.10 Å².